The highest BCUT2D eigenvalue weighted by Crippen LogP contribution is 2.20. The van der Waals surface area contributed by atoms with Gasteiger partial charge in [-0.3, -0.25) is 9.78 Å². The first kappa shape index (κ1) is 27.7. The molecule has 0 aliphatic carbocycles. The lowest BCUT2D eigenvalue weighted by Gasteiger charge is -2.06. The summed E-state index contributed by atoms with van der Waals surface area (Å²) >= 11 is 0. The molecule has 1 heterocycles. The Kier molecular flexibility index (Phi) is 22.0. The van der Waals surface area contributed by atoms with Crippen LogP contribution in [0.2, 0.25) is 0 Å². The number of ketones is 1. The molecule has 0 bridgehead atoms. The van der Waals surface area contributed by atoms with E-state index in [1.165, 1.54) is 6.92 Å². The van der Waals surface area contributed by atoms with Gasteiger partial charge in [0.05, 0.1) is 23.5 Å². The van der Waals surface area contributed by atoms with Crippen LogP contribution in [0.15, 0.2) is 42.5 Å². The van der Waals surface area contributed by atoms with Crippen molar-refractivity contribution in [1.82, 2.24) is 4.98 Å². The van der Waals surface area contributed by atoms with E-state index in [4.69, 9.17) is 5.73 Å². The molecule has 0 aliphatic rings. The minimum Gasteiger partial charge on any atom is -0.397 e. The molecule has 1 aromatic carbocycles. The predicted molar refractivity (Wildman–Crippen MR) is 114 cm³/mol. The van der Waals surface area contributed by atoms with E-state index >= 15 is 0 Å². The summed E-state index contributed by atoms with van der Waals surface area (Å²) in [6, 6.07) is 13.5. The third kappa shape index (κ3) is 11.9. The Morgan fingerprint density at radius 2 is 1.32 bits per heavy atom. The van der Waals surface area contributed by atoms with Crippen molar-refractivity contribution in [3.05, 3.63) is 48.2 Å². The zero-order valence-electron chi connectivity index (χ0n) is 17.7. The fourth-order valence-corrected chi connectivity index (χ4v) is 1.66. The van der Waals surface area contributed by atoms with Crippen molar-refractivity contribution in [3.63, 3.8) is 0 Å². The Morgan fingerprint density at radius 1 is 0.840 bits per heavy atom. The van der Waals surface area contributed by atoms with Gasteiger partial charge in [0.15, 0.2) is 0 Å². The molecule has 0 amide bonds. The number of nitrogens with two attached hydrogens (primary N) is 1. The van der Waals surface area contributed by atoms with Crippen molar-refractivity contribution in [3.8, 4) is 11.3 Å². The predicted octanol–water partition coefficient (Wildman–Crippen LogP) is 6.57. The number of benzene rings is 1. The summed E-state index contributed by atoms with van der Waals surface area (Å²) in [5.74, 6) is 0.0643. The highest BCUT2D eigenvalue weighted by molar-refractivity contribution is 5.79. The molecule has 0 aliphatic heterocycles. The Labute approximate surface area is 155 Å². The molecule has 0 saturated carbocycles. The number of nitrogens with zero attached hydrogens (tertiary/aromatic N) is 1. The van der Waals surface area contributed by atoms with Crippen LogP contribution in [-0.2, 0) is 11.2 Å². The monoisotopic (exact) mass is 346 g/mol. The molecule has 25 heavy (non-hydrogen) atoms. The average molecular weight is 347 g/mol. The number of pyridine rings is 1. The van der Waals surface area contributed by atoms with Crippen LogP contribution in [0.25, 0.3) is 11.3 Å². The molecule has 3 heteroatoms. The van der Waals surface area contributed by atoms with E-state index in [0.29, 0.717) is 11.4 Å². The molecule has 1 aromatic heterocycles. The van der Waals surface area contributed by atoms with Crippen LogP contribution in [0.3, 0.4) is 0 Å². The van der Waals surface area contributed by atoms with Crippen LogP contribution in [-0.4, -0.2) is 10.8 Å². The standard InChI is InChI=1S/C14H14N2O.4C2H6/c1-10(17)9-14-12(15)7-8-13(16-14)11-5-3-2-4-6-11;4*1-2/h2-8H,9,15H2,1H3;4*1-2H3. The lowest BCUT2D eigenvalue weighted by molar-refractivity contribution is -0.116. The molecule has 2 N–H and O–H groups in total. The molecule has 0 unspecified atom stereocenters. The van der Waals surface area contributed by atoms with E-state index in [-0.39, 0.29) is 12.2 Å². The number of hydrogen-bond acceptors (Lipinski definition) is 3. The topological polar surface area (TPSA) is 56.0 Å². The fraction of sp³-hybridized carbons (Fsp3) is 0.455. The van der Waals surface area contributed by atoms with Crippen molar-refractivity contribution in [2.45, 2.75) is 68.7 Å². The van der Waals surface area contributed by atoms with Crippen LogP contribution in [0.5, 0.6) is 0 Å². The maximum Gasteiger partial charge on any atom is 0.135 e. The second kappa shape index (κ2) is 19.9. The molecule has 2 rings (SSSR count). The first-order valence-electron chi connectivity index (χ1n) is 9.47. The van der Waals surface area contributed by atoms with E-state index in [0.717, 1.165) is 11.3 Å². The molecular formula is C22H38N2O. The molecule has 0 fully saturated rings. The zero-order valence-corrected chi connectivity index (χ0v) is 17.7. The molecule has 0 radical (unpaired) electrons. The SMILES string of the molecule is CC.CC.CC.CC.CC(=O)Cc1nc(-c2ccccc2)ccc1N. The maximum absolute atomic E-state index is 11.1. The van der Waals surface area contributed by atoms with Crippen LogP contribution in [0, 0.1) is 0 Å². The molecular weight excluding hydrogens is 308 g/mol. The van der Waals surface area contributed by atoms with Gasteiger partial charge in [-0.25, -0.2) is 0 Å². The van der Waals surface area contributed by atoms with Crippen LogP contribution < -0.4 is 5.73 Å². The van der Waals surface area contributed by atoms with E-state index in [9.17, 15) is 4.79 Å². The number of Topliss-reactive ketones (excluding diaryl/α,β-unsaturated/α-hetero) is 1. The first-order valence-corrected chi connectivity index (χ1v) is 9.47. The van der Waals surface area contributed by atoms with Gasteiger partial charge in [-0.1, -0.05) is 85.7 Å². The van der Waals surface area contributed by atoms with E-state index < -0.39 is 0 Å². The molecule has 2 aromatic rings. The second-order valence-corrected chi connectivity index (χ2v) is 3.98. The Morgan fingerprint density at radius 3 is 1.76 bits per heavy atom. The van der Waals surface area contributed by atoms with Crippen molar-refractivity contribution in [2.75, 3.05) is 5.73 Å². The number of hydrogen-bond donors (Lipinski definition) is 1. The normalized spacial score (nSPS) is 7.88. The van der Waals surface area contributed by atoms with Crippen molar-refractivity contribution < 1.29 is 4.79 Å². The molecule has 0 atom stereocenters. The number of anilines is 1. The summed E-state index contributed by atoms with van der Waals surface area (Å²) < 4.78 is 0. The summed E-state index contributed by atoms with van der Waals surface area (Å²) in [5.41, 5.74) is 8.89. The van der Waals surface area contributed by atoms with Gasteiger partial charge in [-0.15, -0.1) is 0 Å². The summed E-state index contributed by atoms with van der Waals surface area (Å²) in [6.45, 7) is 17.5. The first-order chi connectivity index (χ1) is 12.2. The Balaban J connectivity index is -0.000000533. The molecule has 0 spiro atoms. The highest BCUT2D eigenvalue weighted by atomic mass is 16.1. The van der Waals surface area contributed by atoms with Crippen LogP contribution >= 0.6 is 0 Å². The number of rotatable bonds is 3. The number of aromatic nitrogens is 1. The fourth-order valence-electron chi connectivity index (χ4n) is 1.66. The van der Waals surface area contributed by atoms with Gasteiger partial charge >= 0.3 is 0 Å². The minimum absolute atomic E-state index is 0.0643. The molecule has 0 saturated heterocycles. The van der Waals surface area contributed by atoms with E-state index in [1.54, 1.807) is 6.07 Å². The summed E-state index contributed by atoms with van der Waals surface area (Å²) in [5, 5.41) is 0. The van der Waals surface area contributed by atoms with E-state index in [2.05, 4.69) is 4.98 Å². The van der Waals surface area contributed by atoms with Gasteiger partial charge in [0.2, 0.25) is 0 Å². The lowest BCUT2D eigenvalue weighted by Crippen LogP contribution is -2.04. The third-order valence-electron chi connectivity index (χ3n) is 2.50. The quantitative estimate of drug-likeness (QED) is 0.684. The number of carbonyl (C=O) groups is 1. The Bertz CT molecular complexity index is 537. The number of nitrogen functional groups attached to an aromatic ring is 1. The number of carbonyl (C=O) groups excluding carboxylic acids is 1. The zero-order chi connectivity index (χ0) is 20.3. The van der Waals surface area contributed by atoms with Crippen LogP contribution in [0.4, 0.5) is 5.69 Å². The minimum atomic E-state index is 0.0643. The van der Waals surface area contributed by atoms with Gasteiger partial charge in [-0.2, -0.15) is 0 Å². The molecule has 3 nitrogen and oxygen atoms in total. The summed E-state index contributed by atoms with van der Waals surface area (Å²) in [6.07, 6.45) is 0.284. The molecule has 142 valence electrons. The van der Waals surface area contributed by atoms with Crippen molar-refractivity contribution in [1.29, 1.82) is 0 Å². The maximum atomic E-state index is 11.1. The lowest BCUT2D eigenvalue weighted by atomic mass is 10.1. The van der Waals surface area contributed by atoms with Crippen molar-refractivity contribution in [2.24, 2.45) is 0 Å². The van der Waals surface area contributed by atoms with Gasteiger partial charge in [0.25, 0.3) is 0 Å². The van der Waals surface area contributed by atoms with Crippen LogP contribution in [0.1, 0.15) is 68.0 Å². The average Bonchev–Trinajstić information content (AvgIpc) is 2.70. The Hall–Kier alpha value is -2.16. The third-order valence-corrected chi connectivity index (χ3v) is 2.50. The van der Waals surface area contributed by atoms with Crippen molar-refractivity contribution >= 4 is 11.5 Å². The highest BCUT2D eigenvalue weighted by Gasteiger charge is 2.06. The van der Waals surface area contributed by atoms with Gasteiger partial charge in [-0.05, 0) is 19.1 Å². The summed E-state index contributed by atoms with van der Waals surface area (Å²) in [4.78, 5) is 15.6. The smallest absolute Gasteiger partial charge is 0.135 e. The second-order valence-electron chi connectivity index (χ2n) is 3.98. The van der Waals surface area contributed by atoms with E-state index in [1.807, 2.05) is 91.8 Å². The van der Waals surface area contributed by atoms with Gasteiger partial charge in [0.1, 0.15) is 5.78 Å². The largest absolute Gasteiger partial charge is 0.397 e. The summed E-state index contributed by atoms with van der Waals surface area (Å²) in [7, 11) is 0. The van der Waals surface area contributed by atoms with Gasteiger partial charge < -0.3 is 5.73 Å². The van der Waals surface area contributed by atoms with Gasteiger partial charge in [0, 0.05) is 5.56 Å².